The number of nitrogens with one attached hydrogen (secondary N) is 1. The molecule has 0 saturated heterocycles. The van der Waals surface area contributed by atoms with Crippen LogP contribution in [0.25, 0.3) is 0 Å². The molecule has 0 aliphatic rings. The van der Waals surface area contributed by atoms with E-state index in [0.717, 1.165) is 16.9 Å². The molecule has 0 fully saturated rings. The van der Waals surface area contributed by atoms with Crippen LogP contribution in [0.5, 0.6) is 0 Å². The number of pyridine rings is 2. The van der Waals surface area contributed by atoms with Gasteiger partial charge in [-0.3, -0.25) is 4.98 Å². The molecule has 0 aromatic carbocycles. The highest BCUT2D eigenvalue weighted by molar-refractivity contribution is 7.80. The van der Waals surface area contributed by atoms with Gasteiger partial charge in [0.25, 0.3) is 0 Å². The highest BCUT2D eigenvalue weighted by Crippen LogP contribution is 2.19. The zero-order valence-corrected chi connectivity index (χ0v) is 10.2. The molecule has 2 rings (SSSR count). The molecule has 0 aliphatic heterocycles. The van der Waals surface area contributed by atoms with Gasteiger partial charge in [0.05, 0.1) is 16.9 Å². The van der Waals surface area contributed by atoms with Gasteiger partial charge < -0.3 is 11.1 Å². The van der Waals surface area contributed by atoms with Gasteiger partial charge in [-0.25, -0.2) is 4.98 Å². The van der Waals surface area contributed by atoms with E-state index in [4.69, 9.17) is 18.0 Å². The average Bonchev–Trinajstić information content (AvgIpc) is 2.32. The summed E-state index contributed by atoms with van der Waals surface area (Å²) in [5, 5.41) is 3.18. The van der Waals surface area contributed by atoms with E-state index in [2.05, 4.69) is 15.3 Å². The Bertz CT molecular complexity index is 554. The number of rotatable bonds is 3. The third-order valence-corrected chi connectivity index (χ3v) is 2.55. The number of thiocarbonyl (C=S) groups is 1. The predicted octanol–water partition coefficient (Wildman–Crippen LogP) is 2.16. The zero-order valence-electron chi connectivity index (χ0n) is 9.34. The van der Waals surface area contributed by atoms with Gasteiger partial charge in [0.1, 0.15) is 10.8 Å². The summed E-state index contributed by atoms with van der Waals surface area (Å²) < 4.78 is 0. The molecule has 4 nitrogen and oxygen atoms in total. The Balaban J connectivity index is 2.37. The smallest absolute Gasteiger partial charge is 0.140 e. The quantitative estimate of drug-likeness (QED) is 0.810. The number of hydrogen-bond donors (Lipinski definition) is 2. The summed E-state index contributed by atoms with van der Waals surface area (Å²) in [5.74, 6) is 0.649. The van der Waals surface area contributed by atoms with Crippen LogP contribution in [-0.4, -0.2) is 15.0 Å². The molecule has 17 heavy (non-hydrogen) atoms. The standard InChI is InChI=1S/C12H12N4S/c1-8-10(5-3-6-14-8)16-12-9(11(13)17)4-2-7-15-12/h2-7H,1H3,(H2,13,17)(H,15,16). The first kappa shape index (κ1) is 11.5. The molecule has 0 unspecified atom stereocenters. The Morgan fingerprint density at radius 3 is 2.65 bits per heavy atom. The van der Waals surface area contributed by atoms with Crippen LogP contribution in [0.2, 0.25) is 0 Å². The summed E-state index contributed by atoms with van der Waals surface area (Å²) in [7, 11) is 0. The first-order chi connectivity index (χ1) is 8.18. The van der Waals surface area contributed by atoms with E-state index in [1.807, 2.05) is 25.1 Å². The SMILES string of the molecule is Cc1ncccc1Nc1ncccc1C(N)=S. The second kappa shape index (κ2) is 4.88. The van der Waals surface area contributed by atoms with E-state index in [1.165, 1.54) is 0 Å². The van der Waals surface area contributed by atoms with E-state index >= 15 is 0 Å². The van der Waals surface area contributed by atoms with E-state index in [0.29, 0.717) is 10.8 Å². The molecule has 86 valence electrons. The number of hydrogen-bond acceptors (Lipinski definition) is 4. The lowest BCUT2D eigenvalue weighted by molar-refractivity contribution is 1.19. The van der Waals surface area contributed by atoms with Crippen molar-refractivity contribution in [2.75, 3.05) is 5.32 Å². The van der Waals surface area contributed by atoms with Gasteiger partial charge in [-0.15, -0.1) is 0 Å². The molecule has 0 spiro atoms. The van der Waals surface area contributed by atoms with Crippen molar-refractivity contribution in [1.82, 2.24) is 9.97 Å². The Morgan fingerprint density at radius 1 is 1.24 bits per heavy atom. The van der Waals surface area contributed by atoms with Crippen LogP contribution in [0.15, 0.2) is 36.7 Å². The lowest BCUT2D eigenvalue weighted by Crippen LogP contribution is -2.13. The number of anilines is 2. The van der Waals surface area contributed by atoms with Crippen LogP contribution in [0, 0.1) is 6.92 Å². The molecule has 0 bridgehead atoms. The van der Waals surface area contributed by atoms with Crippen molar-refractivity contribution in [3.63, 3.8) is 0 Å². The molecule has 5 heteroatoms. The molecule has 0 amide bonds. The zero-order chi connectivity index (χ0) is 12.3. The highest BCUT2D eigenvalue weighted by atomic mass is 32.1. The van der Waals surface area contributed by atoms with Crippen LogP contribution in [-0.2, 0) is 0 Å². The summed E-state index contributed by atoms with van der Waals surface area (Å²) in [4.78, 5) is 8.75. The third-order valence-electron chi connectivity index (χ3n) is 2.33. The van der Waals surface area contributed by atoms with Gasteiger partial charge in [0.2, 0.25) is 0 Å². The van der Waals surface area contributed by atoms with Gasteiger partial charge in [0, 0.05) is 12.4 Å². The van der Waals surface area contributed by atoms with Crippen LogP contribution < -0.4 is 11.1 Å². The molecule has 0 atom stereocenters. The fourth-order valence-electron chi connectivity index (χ4n) is 1.45. The largest absolute Gasteiger partial charge is 0.389 e. The van der Waals surface area contributed by atoms with Crippen molar-refractivity contribution in [3.05, 3.63) is 47.9 Å². The maximum Gasteiger partial charge on any atom is 0.140 e. The Hall–Kier alpha value is -2.01. The first-order valence-electron chi connectivity index (χ1n) is 5.12. The van der Waals surface area contributed by atoms with Crippen molar-refractivity contribution in [2.24, 2.45) is 5.73 Å². The van der Waals surface area contributed by atoms with Gasteiger partial charge in [-0.2, -0.15) is 0 Å². The van der Waals surface area contributed by atoms with Crippen molar-refractivity contribution < 1.29 is 0 Å². The molecule has 0 radical (unpaired) electrons. The molecule has 3 N–H and O–H groups in total. The summed E-state index contributed by atoms with van der Waals surface area (Å²) in [6.07, 6.45) is 3.43. The van der Waals surface area contributed by atoms with Gasteiger partial charge in [-0.05, 0) is 31.2 Å². The normalized spacial score (nSPS) is 9.94. The molecule has 2 heterocycles. The lowest BCUT2D eigenvalue weighted by atomic mass is 10.2. The second-order valence-electron chi connectivity index (χ2n) is 3.53. The number of aromatic nitrogens is 2. The number of nitrogens with zero attached hydrogens (tertiary/aromatic N) is 2. The Morgan fingerprint density at radius 2 is 1.94 bits per heavy atom. The van der Waals surface area contributed by atoms with Crippen LogP contribution in [0.1, 0.15) is 11.3 Å². The minimum Gasteiger partial charge on any atom is -0.389 e. The average molecular weight is 244 g/mol. The maximum absolute atomic E-state index is 5.64. The number of aryl methyl sites for hydroxylation is 1. The molecule has 0 saturated carbocycles. The highest BCUT2D eigenvalue weighted by Gasteiger charge is 2.07. The van der Waals surface area contributed by atoms with E-state index in [1.54, 1.807) is 18.5 Å². The van der Waals surface area contributed by atoms with E-state index in [-0.39, 0.29) is 0 Å². The topological polar surface area (TPSA) is 63.8 Å². The molecule has 0 aliphatic carbocycles. The van der Waals surface area contributed by atoms with Crippen molar-refractivity contribution in [1.29, 1.82) is 0 Å². The Kier molecular flexibility index (Phi) is 3.30. The van der Waals surface area contributed by atoms with Crippen molar-refractivity contribution in [3.8, 4) is 0 Å². The minimum absolute atomic E-state index is 0.321. The van der Waals surface area contributed by atoms with Crippen LogP contribution in [0.3, 0.4) is 0 Å². The van der Waals surface area contributed by atoms with Crippen LogP contribution in [0.4, 0.5) is 11.5 Å². The predicted molar refractivity (Wildman–Crippen MR) is 72.4 cm³/mol. The van der Waals surface area contributed by atoms with E-state index in [9.17, 15) is 0 Å². The summed E-state index contributed by atoms with van der Waals surface area (Å²) in [6.45, 7) is 1.92. The summed E-state index contributed by atoms with van der Waals surface area (Å²) in [5.41, 5.74) is 8.16. The number of nitrogens with two attached hydrogens (primary N) is 1. The minimum atomic E-state index is 0.321. The van der Waals surface area contributed by atoms with Crippen molar-refractivity contribution in [2.45, 2.75) is 6.92 Å². The maximum atomic E-state index is 5.64. The molecular formula is C12H12N4S. The first-order valence-corrected chi connectivity index (χ1v) is 5.53. The second-order valence-corrected chi connectivity index (χ2v) is 3.97. The Labute approximate surface area is 105 Å². The molecule has 2 aromatic rings. The third kappa shape index (κ3) is 2.57. The monoisotopic (exact) mass is 244 g/mol. The summed E-state index contributed by atoms with van der Waals surface area (Å²) >= 11 is 4.98. The van der Waals surface area contributed by atoms with Gasteiger partial charge >= 0.3 is 0 Å². The van der Waals surface area contributed by atoms with Crippen molar-refractivity contribution >= 4 is 28.7 Å². The van der Waals surface area contributed by atoms with Crippen LogP contribution >= 0.6 is 12.2 Å². The fourth-order valence-corrected chi connectivity index (χ4v) is 1.61. The van der Waals surface area contributed by atoms with Gasteiger partial charge in [0.15, 0.2) is 0 Å². The van der Waals surface area contributed by atoms with E-state index < -0.39 is 0 Å². The fraction of sp³-hybridized carbons (Fsp3) is 0.0833. The molecular weight excluding hydrogens is 232 g/mol. The molecule has 2 aromatic heterocycles. The summed E-state index contributed by atoms with van der Waals surface area (Å²) in [6, 6.07) is 7.43. The van der Waals surface area contributed by atoms with Gasteiger partial charge in [-0.1, -0.05) is 12.2 Å². The lowest BCUT2D eigenvalue weighted by Gasteiger charge is -2.10.